The summed E-state index contributed by atoms with van der Waals surface area (Å²) in [5.74, 6) is 0.798. The molecule has 7 heteroatoms. The molecule has 0 aliphatic carbocycles. The van der Waals surface area contributed by atoms with Gasteiger partial charge in [0.05, 0.1) is 19.9 Å². The van der Waals surface area contributed by atoms with Crippen LogP contribution < -0.4 is 19.7 Å². The average Bonchev–Trinajstić information content (AvgIpc) is 2.59. The van der Waals surface area contributed by atoms with Gasteiger partial charge in [-0.15, -0.1) is 0 Å². The highest BCUT2D eigenvalue weighted by Gasteiger charge is 2.29. The number of rotatable bonds is 3. The SMILES string of the molecule is COc1ccc(C(=O)N2CC(=O)Nc3cccnc32)cc1OC. The summed E-state index contributed by atoms with van der Waals surface area (Å²) in [6.07, 6.45) is 1.57. The van der Waals surface area contributed by atoms with Crippen LogP contribution in [0.5, 0.6) is 11.5 Å². The third-order valence-electron chi connectivity index (χ3n) is 3.49. The van der Waals surface area contributed by atoms with E-state index >= 15 is 0 Å². The first kappa shape index (κ1) is 14.8. The van der Waals surface area contributed by atoms with Crippen LogP contribution in [0.1, 0.15) is 10.4 Å². The van der Waals surface area contributed by atoms with Gasteiger partial charge < -0.3 is 14.8 Å². The second-order valence-electron chi connectivity index (χ2n) is 4.88. The van der Waals surface area contributed by atoms with Crippen LogP contribution in [0.2, 0.25) is 0 Å². The topological polar surface area (TPSA) is 80.8 Å². The maximum Gasteiger partial charge on any atom is 0.260 e. The van der Waals surface area contributed by atoms with Crippen molar-refractivity contribution in [3.05, 3.63) is 42.1 Å². The molecule has 118 valence electrons. The fraction of sp³-hybridized carbons (Fsp3) is 0.188. The minimum absolute atomic E-state index is 0.0861. The summed E-state index contributed by atoms with van der Waals surface area (Å²) in [6, 6.07) is 8.25. The number of carbonyl (C=O) groups is 2. The van der Waals surface area contributed by atoms with Crippen LogP contribution >= 0.6 is 0 Å². The van der Waals surface area contributed by atoms with Gasteiger partial charge in [0.25, 0.3) is 5.91 Å². The van der Waals surface area contributed by atoms with E-state index in [9.17, 15) is 9.59 Å². The Morgan fingerprint density at radius 1 is 1.22 bits per heavy atom. The monoisotopic (exact) mass is 313 g/mol. The summed E-state index contributed by atoms with van der Waals surface area (Å²) in [5, 5.41) is 2.70. The Morgan fingerprint density at radius 3 is 2.74 bits per heavy atom. The number of pyridine rings is 1. The van der Waals surface area contributed by atoms with Gasteiger partial charge in [-0.1, -0.05) is 0 Å². The van der Waals surface area contributed by atoms with E-state index in [-0.39, 0.29) is 18.4 Å². The fourth-order valence-corrected chi connectivity index (χ4v) is 2.41. The van der Waals surface area contributed by atoms with E-state index in [0.29, 0.717) is 28.6 Å². The molecule has 2 aromatic rings. The number of fused-ring (bicyclic) bond motifs is 1. The molecule has 23 heavy (non-hydrogen) atoms. The van der Waals surface area contributed by atoms with E-state index in [1.54, 1.807) is 36.5 Å². The van der Waals surface area contributed by atoms with E-state index in [1.165, 1.54) is 19.1 Å². The van der Waals surface area contributed by atoms with Gasteiger partial charge in [-0.2, -0.15) is 0 Å². The zero-order chi connectivity index (χ0) is 16.4. The number of methoxy groups -OCH3 is 2. The molecule has 3 rings (SSSR count). The van der Waals surface area contributed by atoms with Crippen molar-refractivity contribution >= 4 is 23.3 Å². The molecule has 0 radical (unpaired) electrons. The Bertz CT molecular complexity index is 776. The van der Waals surface area contributed by atoms with Gasteiger partial charge >= 0.3 is 0 Å². The van der Waals surface area contributed by atoms with E-state index < -0.39 is 0 Å². The molecule has 0 saturated carbocycles. The molecule has 1 aliphatic rings. The number of nitrogens with zero attached hydrogens (tertiary/aromatic N) is 2. The number of hydrogen-bond acceptors (Lipinski definition) is 5. The summed E-state index contributed by atoms with van der Waals surface area (Å²) in [5.41, 5.74) is 0.895. The summed E-state index contributed by atoms with van der Waals surface area (Å²) in [4.78, 5) is 30.1. The number of hydrogen-bond donors (Lipinski definition) is 1. The molecule has 0 fully saturated rings. The molecule has 1 N–H and O–H groups in total. The first-order valence-electron chi connectivity index (χ1n) is 6.93. The zero-order valence-electron chi connectivity index (χ0n) is 12.7. The van der Waals surface area contributed by atoms with Gasteiger partial charge in [-0.05, 0) is 30.3 Å². The molecule has 1 aromatic heterocycles. The number of ether oxygens (including phenoxy) is 2. The third-order valence-corrected chi connectivity index (χ3v) is 3.49. The summed E-state index contributed by atoms with van der Waals surface area (Å²) >= 11 is 0. The molecule has 1 aliphatic heterocycles. The number of aromatic nitrogens is 1. The van der Waals surface area contributed by atoms with Crippen LogP contribution in [0, 0.1) is 0 Å². The minimum Gasteiger partial charge on any atom is -0.493 e. The van der Waals surface area contributed by atoms with Crippen LogP contribution in [-0.4, -0.2) is 37.6 Å². The quantitative estimate of drug-likeness (QED) is 0.933. The van der Waals surface area contributed by atoms with Crippen molar-refractivity contribution in [1.29, 1.82) is 0 Å². The Balaban J connectivity index is 1.99. The zero-order valence-corrected chi connectivity index (χ0v) is 12.7. The second kappa shape index (κ2) is 5.96. The minimum atomic E-state index is -0.333. The maximum atomic E-state index is 12.8. The highest BCUT2D eigenvalue weighted by Crippen LogP contribution is 2.31. The Labute approximate surface area is 132 Å². The van der Waals surface area contributed by atoms with Crippen molar-refractivity contribution in [2.24, 2.45) is 0 Å². The van der Waals surface area contributed by atoms with Crippen LogP contribution in [-0.2, 0) is 4.79 Å². The van der Waals surface area contributed by atoms with Crippen molar-refractivity contribution in [2.75, 3.05) is 31.0 Å². The van der Waals surface area contributed by atoms with Gasteiger partial charge in [0, 0.05) is 11.8 Å². The number of anilines is 2. The number of nitrogens with one attached hydrogen (secondary N) is 1. The van der Waals surface area contributed by atoms with E-state index in [4.69, 9.17) is 9.47 Å². The Kier molecular flexibility index (Phi) is 3.84. The molecule has 7 nitrogen and oxygen atoms in total. The van der Waals surface area contributed by atoms with Crippen molar-refractivity contribution in [1.82, 2.24) is 4.98 Å². The van der Waals surface area contributed by atoms with Crippen molar-refractivity contribution in [3.8, 4) is 11.5 Å². The van der Waals surface area contributed by atoms with Gasteiger partial charge in [-0.3, -0.25) is 14.5 Å². The highest BCUT2D eigenvalue weighted by molar-refractivity contribution is 6.14. The molecule has 0 spiro atoms. The van der Waals surface area contributed by atoms with Crippen LogP contribution in [0.15, 0.2) is 36.5 Å². The lowest BCUT2D eigenvalue weighted by Gasteiger charge is -2.28. The first-order valence-corrected chi connectivity index (χ1v) is 6.93. The predicted molar refractivity (Wildman–Crippen MR) is 84.1 cm³/mol. The largest absolute Gasteiger partial charge is 0.493 e. The number of benzene rings is 1. The third kappa shape index (κ3) is 2.68. The normalized spacial score (nSPS) is 13.1. The van der Waals surface area contributed by atoms with Gasteiger partial charge in [0.2, 0.25) is 5.91 Å². The Hall–Kier alpha value is -3.09. The molecule has 0 bridgehead atoms. The second-order valence-corrected chi connectivity index (χ2v) is 4.88. The standard InChI is InChI=1S/C16H15N3O4/c1-22-12-6-5-10(8-13(12)23-2)16(21)19-9-14(20)18-11-4-3-7-17-15(11)19/h3-8H,9H2,1-2H3,(H,18,20). The fourth-order valence-electron chi connectivity index (χ4n) is 2.41. The smallest absolute Gasteiger partial charge is 0.260 e. The molecule has 2 heterocycles. The molecule has 0 saturated heterocycles. The van der Waals surface area contributed by atoms with Crippen molar-refractivity contribution < 1.29 is 19.1 Å². The van der Waals surface area contributed by atoms with E-state index in [2.05, 4.69) is 10.3 Å². The van der Waals surface area contributed by atoms with E-state index in [1.807, 2.05) is 0 Å². The lowest BCUT2D eigenvalue weighted by Crippen LogP contribution is -2.42. The lowest BCUT2D eigenvalue weighted by atomic mass is 10.1. The predicted octanol–water partition coefficient (Wildman–Crippen LogP) is 1.70. The molecule has 1 aromatic carbocycles. The molecular formula is C16H15N3O4. The van der Waals surface area contributed by atoms with Crippen molar-refractivity contribution in [2.45, 2.75) is 0 Å². The van der Waals surface area contributed by atoms with Crippen LogP contribution in [0.25, 0.3) is 0 Å². The molecule has 0 unspecified atom stereocenters. The van der Waals surface area contributed by atoms with Gasteiger partial charge in [-0.25, -0.2) is 4.98 Å². The molecule has 2 amide bonds. The van der Waals surface area contributed by atoms with Gasteiger partial charge in [0.1, 0.15) is 6.54 Å². The highest BCUT2D eigenvalue weighted by atomic mass is 16.5. The summed E-state index contributed by atoms with van der Waals surface area (Å²) in [6.45, 7) is -0.0861. The molecular weight excluding hydrogens is 298 g/mol. The lowest BCUT2D eigenvalue weighted by molar-refractivity contribution is -0.115. The maximum absolute atomic E-state index is 12.8. The first-order chi connectivity index (χ1) is 11.1. The average molecular weight is 313 g/mol. The van der Waals surface area contributed by atoms with E-state index in [0.717, 1.165) is 0 Å². The molecule has 0 atom stereocenters. The summed E-state index contributed by atoms with van der Waals surface area (Å²) in [7, 11) is 3.02. The summed E-state index contributed by atoms with van der Waals surface area (Å²) < 4.78 is 10.4. The number of carbonyl (C=O) groups excluding carboxylic acids is 2. The van der Waals surface area contributed by atoms with Crippen LogP contribution in [0.4, 0.5) is 11.5 Å². The van der Waals surface area contributed by atoms with Crippen molar-refractivity contribution in [3.63, 3.8) is 0 Å². The van der Waals surface area contributed by atoms with Crippen LogP contribution in [0.3, 0.4) is 0 Å². The Morgan fingerprint density at radius 2 is 2.00 bits per heavy atom. The van der Waals surface area contributed by atoms with Gasteiger partial charge in [0.15, 0.2) is 17.3 Å². The number of amides is 2.